The van der Waals surface area contributed by atoms with Crippen molar-refractivity contribution in [2.45, 2.75) is 20.0 Å². The van der Waals surface area contributed by atoms with Crippen LogP contribution in [0.4, 0.5) is 0 Å². The van der Waals surface area contributed by atoms with Gasteiger partial charge in [-0.05, 0) is 31.2 Å². The van der Waals surface area contributed by atoms with E-state index >= 15 is 0 Å². The molecule has 0 amide bonds. The summed E-state index contributed by atoms with van der Waals surface area (Å²) in [6, 6.07) is 5.39. The van der Waals surface area contributed by atoms with Crippen LogP contribution in [0.15, 0.2) is 18.2 Å². The van der Waals surface area contributed by atoms with E-state index in [1.54, 1.807) is 19.1 Å². The van der Waals surface area contributed by atoms with Crippen LogP contribution in [-0.2, 0) is 22.6 Å². The molecule has 1 heterocycles. The summed E-state index contributed by atoms with van der Waals surface area (Å²) in [5.41, 5.74) is 2.74. The van der Waals surface area contributed by atoms with Crippen molar-refractivity contribution in [3.05, 3.63) is 34.9 Å². The Balaban J connectivity index is 2.21. The van der Waals surface area contributed by atoms with Crippen LogP contribution < -0.4 is 0 Å². The van der Waals surface area contributed by atoms with Gasteiger partial charge >= 0.3 is 5.97 Å². The van der Waals surface area contributed by atoms with Crippen LogP contribution in [0.1, 0.15) is 28.4 Å². The number of hydrogen-bond acceptors (Lipinski definition) is 4. The first-order chi connectivity index (χ1) is 8.11. The highest BCUT2D eigenvalue weighted by molar-refractivity contribution is 6.40. The van der Waals surface area contributed by atoms with Gasteiger partial charge in [0.15, 0.2) is 0 Å². The molecular weight excluding hydrogens is 218 g/mol. The van der Waals surface area contributed by atoms with Gasteiger partial charge in [-0.3, -0.25) is 9.69 Å². The molecule has 2 rings (SSSR count). The molecule has 0 aromatic heterocycles. The summed E-state index contributed by atoms with van der Waals surface area (Å²) in [6.07, 6.45) is 0. The van der Waals surface area contributed by atoms with Gasteiger partial charge in [-0.1, -0.05) is 12.1 Å². The molecule has 1 aliphatic rings. The topological polar surface area (TPSA) is 46.6 Å². The summed E-state index contributed by atoms with van der Waals surface area (Å²) in [5.74, 6) is -1.34. The molecule has 0 aliphatic carbocycles. The third-order valence-corrected chi connectivity index (χ3v) is 2.81. The summed E-state index contributed by atoms with van der Waals surface area (Å²) < 4.78 is 4.70. The zero-order valence-corrected chi connectivity index (χ0v) is 10.0. The predicted molar refractivity (Wildman–Crippen MR) is 62.6 cm³/mol. The second kappa shape index (κ2) is 4.67. The monoisotopic (exact) mass is 233 g/mol. The van der Waals surface area contributed by atoms with E-state index in [1.165, 1.54) is 5.56 Å². The van der Waals surface area contributed by atoms with Gasteiger partial charge in [-0.2, -0.15) is 0 Å². The number of rotatable bonds is 3. The fraction of sp³-hybridized carbons (Fsp3) is 0.385. The number of esters is 1. The van der Waals surface area contributed by atoms with Crippen molar-refractivity contribution in [3.8, 4) is 0 Å². The molecular formula is C13H15NO3. The number of fused-ring (bicyclic) bond motifs is 1. The van der Waals surface area contributed by atoms with Crippen LogP contribution in [0, 0.1) is 0 Å². The molecule has 17 heavy (non-hydrogen) atoms. The van der Waals surface area contributed by atoms with Crippen molar-refractivity contribution >= 4 is 11.8 Å². The summed E-state index contributed by atoms with van der Waals surface area (Å²) in [7, 11) is 2.02. The maximum Gasteiger partial charge on any atom is 0.379 e. The SMILES string of the molecule is CCOC(=O)C(=O)c1ccc2c(c1)CN(C)C2. The van der Waals surface area contributed by atoms with Gasteiger partial charge in [0.1, 0.15) is 0 Å². The minimum Gasteiger partial charge on any atom is -0.460 e. The van der Waals surface area contributed by atoms with Gasteiger partial charge in [-0.15, -0.1) is 0 Å². The quantitative estimate of drug-likeness (QED) is 0.449. The number of ether oxygens (including phenoxy) is 1. The van der Waals surface area contributed by atoms with Crippen LogP contribution in [0.5, 0.6) is 0 Å². The molecule has 0 spiro atoms. The Bertz CT molecular complexity index is 468. The van der Waals surface area contributed by atoms with Crippen molar-refractivity contribution in [1.82, 2.24) is 4.90 Å². The fourth-order valence-corrected chi connectivity index (χ4v) is 2.02. The van der Waals surface area contributed by atoms with Crippen LogP contribution >= 0.6 is 0 Å². The predicted octanol–water partition coefficient (Wildman–Crippen LogP) is 1.38. The summed E-state index contributed by atoms with van der Waals surface area (Å²) in [5, 5.41) is 0. The molecule has 0 saturated carbocycles. The van der Waals surface area contributed by atoms with E-state index < -0.39 is 11.8 Å². The minimum absolute atomic E-state index is 0.220. The maximum atomic E-state index is 11.7. The number of carbonyl (C=O) groups is 2. The first kappa shape index (κ1) is 11.8. The number of Topliss-reactive ketones (excluding diaryl/α,β-unsaturated/α-hetero) is 1. The lowest BCUT2D eigenvalue weighted by Crippen LogP contribution is -2.17. The Morgan fingerprint density at radius 3 is 2.71 bits per heavy atom. The Morgan fingerprint density at radius 1 is 1.29 bits per heavy atom. The minimum atomic E-state index is -0.779. The summed E-state index contributed by atoms with van der Waals surface area (Å²) in [6.45, 7) is 3.61. The van der Waals surface area contributed by atoms with Crippen molar-refractivity contribution in [3.63, 3.8) is 0 Å². The molecule has 1 aromatic rings. The fourth-order valence-electron chi connectivity index (χ4n) is 2.02. The lowest BCUT2D eigenvalue weighted by atomic mass is 10.0. The Morgan fingerprint density at radius 2 is 2.00 bits per heavy atom. The molecule has 0 fully saturated rings. The molecule has 0 radical (unpaired) electrons. The van der Waals surface area contributed by atoms with Crippen LogP contribution in [0.2, 0.25) is 0 Å². The van der Waals surface area contributed by atoms with E-state index in [2.05, 4.69) is 4.90 Å². The molecule has 1 aliphatic heterocycles. The Hall–Kier alpha value is -1.68. The van der Waals surface area contributed by atoms with Gasteiger partial charge in [0.05, 0.1) is 6.61 Å². The molecule has 1 aromatic carbocycles. The van der Waals surface area contributed by atoms with Crippen LogP contribution in [0.25, 0.3) is 0 Å². The normalized spacial score (nSPS) is 14.5. The molecule has 0 N–H and O–H groups in total. The second-order valence-corrected chi connectivity index (χ2v) is 4.21. The average molecular weight is 233 g/mol. The van der Waals surface area contributed by atoms with E-state index in [0.717, 1.165) is 18.7 Å². The number of carbonyl (C=O) groups excluding carboxylic acids is 2. The van der Waals surface area contributed by atoms with Gasteiger partial charge in [0.2, 0.25) is 0 Å². The number of benzene rings is 1. The average Bonchev–Trinajstić information content (AvgIpc) is 2.67. The molecule has 4 heteroatoms. The lowest BCUT2D eigenvalue weighted by molar-refractivity contribution is -0.137. The van der Waals surface area contributed by atoms with E-state index in [1.807, 2.05) is 13.1 Å². The van der Waals surface area contributed by atoms with Gasteiger partial charge < -0.3 is 4.74 Å². The maximum absolute atomic E-state index is 11.7. The smallest absolute Gasteiger partial charge is 0.379 e. The first-order valence-electron chi connectivity index (χ1n) is 5.63. The highest BCUT2D eigenvalue weighted by Gasteiger charge is 2.21. The number of nitrogens with zero attached hydrogens (tertiary/aromatic N) is 1. The highest BCUT2D eigenvalue weighted by Crippen LogP contribution is 2.22. The van der Waals surface area contributed by atoms with Gasteiger partial charge in [0, 0.05) is 18.7 Å². The molecule has 4 nitrogen and oxygen atoms in total. The second-order valence-electron chi connectivity index (χ2n) is 4.21. The van der Waals surface area contributed by atoms with E-state index in [-0.39, 0.29) is 6.61 Å². The van der Waals surface area contributed by atoms with Gasteiger partial charge in [0.25, 0.3) is 5.78 Å². The number of hydrogen-bond donors (Lipinski definition) is 0. The van der Waals surface area contributed by atoms with Crippen molar-refractivity contribution in [2.75, 3.05) is 13.7 Å². The zero-order chi connectivity index (χ0) is 12.4. The highest BCUT2D eigenvalue weighted by atomic mass is 16.5. The van der Waals surface area contributed by atoms with Crippen molar-refractivity contribution < 1.29 is 14.3 Å². The van der Waals surface area contributed by atoms with E-state index in [4.69, 9.17) is 4.74 Å². The van der Waals surface area contributed by atoms with Crippen LogP contribution in [-0.4, -0.2) is 30.3 Å². The Labute approximate surface area is 100 Å². The third kappa shape index (κ3) is 2.36. The lowest BCUT2D eigenvalue weighted by Gasteiger charge is -2.03. The number of ketones is 1. The summed E-state index contributed by atoms with van der Waals surface area (Å²) >= 11 is 0. The van der Waals surface area contributed by atoms with Crippen molar-refractivity contribution in [1.29, 1.82) is 0 Å². The van der Waals surface area contributed by atoms with E-state index in [9.17, 15) is 9.59 Å². The zero-order valence-electron chi connectivity index (χ0n) is 10.0. The van der Waals surface area contributed by atoms with Crippen LogP contribution in [0.3, 0.4) is 0 Å². The summed E-state index contributed by atoms with van der Waals surface area (Å²) in [4.78, 5) is 25.2. The molecule has 0 atom stereocenters. The third-order valence-electron chi connectivity index (χ3n) is 2.81. The standard InChI is InChI=1S/C13H15NO3/c1-3-17-13(16)12(15)9-4-5-10-7-14(2)8-11(10)6-9/h4-6H,3,7-8H2,1-2H3. The van der Waals surface area contributed by atoms with Gasteiger partial charge in [-0.25, -0.2) is 4.79 Å². The molecule has 90 valence electrons. The van der Waals surface area contributed by atoms with E-state index in [0.29, 0.717) is 5.56 Å². The Kier molecular flexibility index (Phi) is 3.24. The van der Waals surface area contributed by atoms with Crippen molar-refractivity contribution in [2.24, 2.45) is 0 Å². The first-order valence-corrected chi connectivity index (χ1v) is 5.63. The largest absolute Gasteiger partial charge is 0.460 e. The molecule has 0 saturated heterocycles. The molecule has 0 bridgehead atoms. The molecule has 0 unspecified atom stereocenters.